The lowest BCUT2D eigenvalue weighted by atomic mass is 10.1. The van der Waals surface area contributed by atoms with Crippen LogP contribution in [0.4, 0.5) is 5.82 Å². The van der Waals surface area contributed by atoms with Gasteiger partial charge in [0, 0.05) is 37.6 Å². The van der Waals surface area contributed by atoms with Gasteiger partial charge in [-0.2, -0.15) is 10.2 Å². The highest BCUT2D eigenvalue weighted by atomic mass is 16.1. The average Bonchev–Trinajstić information content (AvgIpc) is 3.08. The van der Waals surface area contributed by atoms with Gasteiger partial charge in [0.25, 0.3) is 5.91 Å². The highest BCUT2D eigenvalue weighted by molar-refractivity contribution is 5.92. The molecule has 122 valence electrons. The fraction of sp³-hybridized carbons (Fsp3) is 0.375. The second kappa shape index (κ2) is 4.80. The Morgan fingerprint density at radius 2 is 2.12 bits per heavy atom. The Kier molecular flexibility index (Phi) is 2.70. The van der Waals surface area contributed by atoms with Gasteiger partial charge in [-0.05, 0) is 18.9 Å². The number of rotatable bonds is 4. The maximum absolute atomic E-state index is 11.2. The van der Waals surface area contributed by atoms with Gasteiger partial charge in [0.15, 0.2) is 5.82 Å². The highest BCUT2D eigenvalue weighted by Crippen LogP contribution is 2.40. The topological polar surface area (TPSA) is 94.3 Å². The van der Waals surface area contributed by atoms with Crippen LogP contribution in [0.2, 0.25) is 0 Å². The number of nitrogens with zero attached hydrogens (tertiary/aromatic N) is 6. The molecule has 8 heteroatoms. The molecule has 4 heterocycles. The van der Waals surface area contributed by atoms with E-state index in [1.54, 1.807) is 12.4 Å². The van der Waals surface area contributed by atoms with Gasteiger partial charge in [-0.25, -0.2) is 9.50 Å². The van der Waals surface area contributed by atoms with Crippen LogP contribution in [0.15, 0.2) is 30.9 Å². The average molecular weight is 323 g/mol. The van der Waals surface area contributed by atoms with Gasteiger partial charge in [0.1, 0.15) is 5.52 Å². The summed E-state index contributed by atoms with van der Waals surface area (Å²) >= 11 is 0. The zero-order valence-electron chi connectivity index (χ0n) is 13.0. The number of hydrogen-bond acceptors (Lipinski definition) is 5. The molecule has 5 rings (SSSR count). The van der Waals surface area contributed by atoms with Crippen molar-refractivity contribution in [2.75, 3.05) is 18.0 Å². The highest BCUT2D eigenvalue weighted by Gasteiger charge is 2.32. The lowest BCUT2D eigenvalue weighted by Crippen LogP contribution is -2.48. The second-order valence-electron chi connectivity index (χ2n) is 6.56. The van der Waals surface area contributed by atoms with Crippen molar-refractivity contribution in [3.05, 3.63) is 42.1 Å². The molecular weight excluding hydrogens is 306 g/mol. The fourth-order valence-electron chi connectivity index (χ4n) is 3.21. The molecule has 8 nitrogen and oxygen atoms in total. The van der Waals surface area contributed by atoms with Gasteiger partial charge in [-0.15, -0.1) is 0 Å². The number of nitrogens with two attached hydrogens (primary N) is 1. The molecule has 1 saturated heterocycles. The Morgan fingerprint density at radius 1 is 1.29 bits per heavy atom. The Bertz CT molecular complexity index is 933. The Labute approximate surface area is 137 Å². The molecule has 0 spiro atoms. The maximum atomic E-state index is 11.2. The van der Waals surface area contributed by atoms with Gasteiger partial charge in [0.2, 0.25) is 0 Å². The number of hydrogen-bond donors (Lipinski definition) is 1. The third-order valence-corrected chi connectivity index (χ3v) is 4.81. The molecule has 3 aromatic heterocycles. The number of aromatic nitrogens is 5. The molecule has 0 bridgehead atoms. The molecule has 1 saturated carbocycles. The maximum Gasteiger partial charge on any atom is 0.251 e. The Balaban J connectivity index is 1.38. The molecule has 0 atom stereocenters. The summed E-state index contributed by atoms with van der Waals surface area (Å²) in [5, 5.41) is 8.89. The fourth-order valence-corrected chi connectivity index (χ4v) is 3.21. The number of carbonyl (C=O) groups is 1. The summed E-state index contributed by atoms with van der Waals surface area (Å²) in [7, 11) is 0. The van der Waals surface area contributed by atoms with Crippen molar-refractivity contribution < 1.29 is 4.79 Å². The number of primary amides is 1. The quantitative estimate of drug-likeness (QED) is 0.772. The molecule has 0 unspecified atom stereocenters. The van der Waals surface area contributed by atoms with Gasteiger partial charge in [-0.3, -0.25) is 9.48 Å². The van der Waals surface area contributed by atoms with Crippen LogP contribution >= 0.6 is 0 Å². The zero-order chi connectivity index (χ0) is 16.3. The predicted octanol–water partition coefficient (Wildman–Crippen LogP) is 0.963. The van der Waals surface area contributed by atoms with E-state index in [0.717, 1.165) is 24.4 Å². The molecule has 2 aliphatic rings. The summed E-state index contributed by atoms with van der Waals surface area (Å²) in [4.78, 5) is 17.9. The molecular formula is C16H17N7O. The van der Waals surface area contributed by atoms with Crippen molar-refractivity contribution in [3.63, 3.8) is 0 Å². The third-order valence-electron chi connectivity index (χ3n) is 4.81. The smallest absolute Gasteiger partial charge is 0.251 e. The summed E-state index contributed by atoms with van der Waals surface area (Å²) in [6.45, 7) is 1.60. The van der Waals surface area contributed by atoms with E-state index in [-0.39, 0.29) is 6.04 Å². The molecule has 1 amide bonds. The first-order valence-electron chi connectivity index (χ1n) is 8.12. The monoisotopic (exact) mass is 323 g/mol. The van der Waals surface area contributed by atoms with Crippen LogP contribution in [0.5, 0.6) is 0 Å². The minimum Gasteiger partial charge on any atom is -0.366 e. The lowest BCUT2D eigenvalue weighted by molar-refractivity contribution is 0.1000. The SMILES string of the molecule is NC(=O)c1cnn(C2CN(c3nccn4nc(C5CC5)cc34)C2)c1. The van der Waals surface area contributed by atoms with Gasteiger partial charge in [-0.1, -0.05) is 0 Å². The van der Waals surface area contributed by atoms with E-state index in [1.165, 1.54) is 24.7 Å². The number of fused-ring (bicyclic) bond motifs is 1. The van der Waals surface area contributed by atoms with E-state index in [2.05, 4.69) is 26.1 Å². The minimum atomic E-state index is -0.448. The van der Waals surface area contributed by atoms with Crippen molar-refractivity contribution in [1.29, 1.82) is 0 Å². The summed E-state index contributed by atoms with van der Waals surface area (Å²) in [5.74, 6) is 1.13. The molecule has 1 aliphatic carbocycles. The largest absolute Gasteiger partial charge is 0.366 e. The van der Waals surface area contributed by atoms with Crippen LogP contribution in [-0.4, -0.2) is 43.4 Å². The Hall–Kier alpha value is -2.90. The van der Waals surface area contributed by atoms with E-state index in [1.807, 2.05) is 15.4 Å². The van der Waals surface area contributed by atoms with Crippen LogP contribution in [0.25, 0.3) is 5.52 Å². The molecule has 2 fully saturated rings. The lowest BCUT2D eigenvalue weighted by Gasteiger charge is -2.40. The van der Waals surface area contributed by atoms with Crippen molar-refractivity contribution in [2.24, 2.45) is 5.73 Å². The first kappa shape index (κ1) is 13.5. The van der Waals surface area contributed by atoms with E-state index < -0.39 is 5.91 Å². The first-order valence-corrected chi connectivity index (χ1v) is 8.12. The van der Waals surface area contributed by atoms with Crippen LogP contribution in [0.1, 0.15) is 40.9 Å². The predicted molar refractivity (Wildman–Crippen MR) is 87.0 cm³/mol. The van der Waals surface area contributed by atoms with E-state index >= 15 is 0 Å². The molecule has 2 N–H and O–H groups in total. The van der Waals surface area contributed by atoms with Crippen LogP contribution in [0, 0.1) is 0 Å². The van der Waals surface area contributed by atoms with Gasteiger partial charge >= 0.3 is 0 Å². The summed E-state index contributed by atoms with van der Waals surface area (Å²) in [6, 6.07) is 2.39. The van der Waals surface area contributed by atoms with E-state index in [9.17, 15) is 4.79 Å². The molecule has 1 aliphatic heterocycles. The zero-order valence-corrected chi connectivity index (χ0v) is 13.0. The molecule has 3 aromatic rings. The van der Waals surface area contributed by atoms with E-state index in [0.29, 0.717) is 11.5 Å². The van der Waals surface area contributed by atoms with Crippen molar-refractivity contribution in [3.8, 4) is 0 Å². The van der Waals surface area contributed by atoms with Crippen molar-refractivity contribution in [1.82, 2.24) is 24.4 Å². The number of carbonyl (C=O) groups excluding carboxylic acids is 1. The van der Waals surface area contributed by atoms with E-state index in [4.69, 9.17) is 5.73 Å². The summed E-state index contributed by atoms with van der Waals surface area (Å²) < 4.78 is 3.73. The van der Waals surface area contributed by atoms with Gasteiger partial charge in [0.05, 0.1) is 23.5 Å². The standard InChI is InChI=1S/C16H17N7O/c17-15(24)11-6-19-23(7-11)12-8-21(9-12)16-14-5-13(10-1-2-10)20-22(14)4-3-18-16/h3-7,10,12H,1-2,8-9H2,(H2,17,24). The van der Waals surface area contributed by atoms with Crippen LogP contribution in [0.3, 0.4) is 0 Å². The summed E-state index contributed by atoms with van der Waals surface area (Å²) in [5.41, 5.74) is 7.94. The molecule has 0 radical (unpaired) electrons. The second-order valence-corrected chi connectivity index (χ2v) is 6.56. The van der Waals surface area contributed by atoms with Crippen LogP contribution in [-0.2, 0) is 0 Å². The van der Waals surface area contributed by atoms with Crippen LogP contribution < -0.4 is 10.6 Å². The minimum absolute atomic E-state index is 0.228. The molecule has 0 aromatic carbocycles. The first-order chi connectivity index (χ1) is 11.7. The number of anilines is 1. The number of amides is 1. The molecule has 24 heavy (non-hydrogen) atoms. The van der Waals surface area contributed by atoms with Crippen molar-refractivity contribution in [2.45, 2.75) is 24.8 Å². The van der Waals surface area contributed by atoms with Gasteiger partial charge < -0.3 is 10.6 Å². The summed E-state index contributed by atoms with van der Waals surface area (Å²) in [6.07, 6.45) is 9.39. The Morgan fingerprint density at radius 3 is 2.83 bits per heavy atom. The third kappa shape index (κ3) is 2.06. The normalized spacial score (nSPS) is 18.1. The van der Waals surface area contributed by atoms with Crippen molar-refractivity contribution >= 4 is 17.2 Å².